The van der Waals surface area contributed by atoms with E-state index in [0.29, 0.717) is 25.8 Å². The van der Waals surface area contributed by atoms with Gasteiger partial charge in [0.25, 0.3) is 0 Å². The van der Waals surface area contributed by atoms with E-state index in [4.69, 9.17) is 9.47 Å². The van der Waals surface area contributed by atoms with Crippen LogP contribution in [0.5, 0.6) is 5.75 Å². The van der Waals surface area contributed by atoms with Crippen LogP contribution in [0.4, 0.5) is 0 Å². The Bertz CT molecular complexity index is 734. The van der Waals surface area contributed by atoms with Crippen LogP contribution in [0.2, 0.25) is 0 Å². The number of aliphatic imine (C=N–C) groups is 1. The lowest BCUT2D eigenvalue weighted by atomic mass is 10.2. The average Bonchev–Trinajstić information content (AvgIpc) is 3.46. The molecule has 166 valence electrons. The summed E-state index contributed by atoms with van der Waals surface area (Å²) in [6.45, 7) is 5.07. The Morgan fingerprint density at radius 3 is 2.53 bits per heavy atom. The first-order valence-corrected chi connectivity index (χ1v) is 11.1. The van der Waals surface area contributed by atoms with Crippen molar-refractivity contribution in [2.24, 2.45) is 4.99 Å². The summed E-state index contributed by atoms with van der Waals surface area (Å²) in [6, 6.07) is 12.9. The number of ether oxygens (including phenoxy) is 2. The highest BCUT2D eigenvalue weighted by Crippen LogP contribution is 2.27. The predicted octanol–water partition coefficient (Wildman–Crippen LogP) is 3.89. The van der Waals surface area contributed by atoms with E-state index in [-0.39, 0.29) is 24.0 Å². The lowest BCUT2D eigenvalue weighted by Gasteiger charge is -2.27. The van der Waals surface area contributed by atoms with Crippen LogP contribution in [-0.4, -0.2) is 57.9 Å². The molecule has 0 amide bonds. The zero-order chi connectivity index (χ0) is 20.3. The van der Waals surface area contributed by atoms with Gasteiger partial charge in [0.1, 0.15) is 12.4 Å². The Morgan fingerprint density at radius 1 is 1.13 bits per heavy atom. The van der Waals surface area contributed by atoms with Crippen LogP contribution in [0.1, 0.15) is 29.3 Å². The van der Waals surface area contributed by atoms with Crippen LogP contribution in [0.15, 0.2) is 46.8 Å². The topological polar surface area (TPSA) is 58.1 Å². The number of methoxy groups -OCH3 is 1. The van der Waals surface area contributed by atoms with Crippen molar-refractivity contribution in [1.82, 2.24) is 15.5 Å². The molecule has 1 fully saturated rings. The Labute approximate surface area is 201 Å². The molecule has 2 heterocycles. The molecule has 3 rings (SSSR count). The third kappa shape index (κ3) is 7.72. The zero-order valence-electron chi connectivity index (χ0n) is 17.8. The molecule has 1 aromatic heterocycles. The summed E-state index contributed by atoms with van der Waals surface area (Å²) in [5.74, 6) is 1.68. The Kier molecular flexibility index (Phi) is 11.5. The molecule has 1 unspecified atom stereocenters. The summed E-state index contributed by atoms with van der Waals surface area (Å²) in [5, 5.41) is 9.09. The van der Waals surface area contributed by atoms with Gasteiger partial charge in [0.2, 0.25) is 0 Å². The predicted molar refractivity (Wildman–Crippen MR) is 135 cm³/mol. The van der Waals surface area contributed by atoms with Gasteiger partial charge in [-0.3, -0.25) is 9.89 Å². The maximum atomic E-state index is 5.61. The van der Waals surface area contributed by atoms with Crippen LogP contribution < -0.4 is 15.4 Å². The lowest BCUT2D eigenvalue weighted by Crippen LogP contribution is -2.42. The number of hydrogen-bond acceptors (Lipinski definition) is 5. The fraction of sp³-hybridized carbons (Fsp3) is 0.500. The Morgan fingerprint density at radius 2 is 1.90 bits per heavy atom. The molecule has 0 spiro atoms. The summed E-state index contributed by atoms with van der Waals surface area (Å²) in [6.07, 6.45) is 2.58. The molecule has 2 aromatic rings. The first-order chi connectivity index (χ1) is 14.3. The van der Waals surface area contributed by atoms with E-state index in [1.54, 1.807) is 7.11 Å². The van der Waals surface area contributed by atoms with Gasteiger partial charge in [-0.15, -0.1) is 35.3 Å². The number of likely N-dealkylation sites (tertiary alicyclic amines) is 1. The summed E-state index contributed by atoms with van der Waals surface area (Å²) >= 11 is 1.83. The van der Waals surface area contributed by atoms with Gasteiger partial charge in [-0.05, 0) is 55.1 Å². The van der Waals surface area contributed by atoms with Crippen LogP contribution in [-0.2, 0) is 11.3 Å². The maximum absolute atomic E-state index is 5.61. The number of rotatable bonds is 10. The second-order valence-electron chi connectivity index (χ2n) is 7.07. The molecule has 1 aliphatic rings. The first kappa shape index (κ1) is 24.9. The molecule has 0 saturated carbocycles. The molecule has 0 aliphatic carbocycles. The highest BCUT2D eigenvalue weighted by atomic mass is 127. The molecule has 2 N–H and O–H groups in total. The van der Waals surface area contributed by atoms with Gasteiger partial charge in [0, 0.05) is 32.1 Å². The van der Waals surface area contributed by atoms with Crippen molar-refractivity contribution in [3.63, 3.8) is 0 Å². The summed E-state index contributed by atoms with van der Waals surface area (Å²) in [7, 11) is 3.49. The standard InChI is InChI=1S/C22H32N4O2S.HI/c1-23-22(24-16-18-7-9-19(10-8-18)28-14-13-27-2)25-17-20(21-6-5-15-29-21)26-11-3-4-12-26;/h5-10,15,20H,3-4,11-14,16-17H2,1-2H3,(H2,23,24,25);1H. The van der Waals surface area contributed by atoms with E-state index >= 15 is 0 Å². The van der Waals surface area contributed by atoms with Gasteiger partial charge in [-0.2, -0.15) is 0 Å². The molecular weight excluding hydrogens is 511 g/mol. The molecule has 1 aromatic carbocycles. The van der Waals surface area contributed by atoms with E-state index in [0.717, 1.165) is 18.3 Å². The van der Waals surface area contributed by atoms with Crippen LogP contribution >= 0.6 is 35.3 Å². The van der Waals surface area contributed by atoms with Crippen molar-refractivity contribution in [2.75, 3.05) is 47.0 Å². The van der Waals surface area contributed by atoms with E-state index in [1.807, 2.05) is 30.5 Å². The smallest absolute Gasteiger partial charge is 0.191 e. The van der Waals surface area contributed by atoms with Gasteiger partial charge in [-0.1, -0.05) is 18.2 Å². The second-order valence-corrected chi connectivity index (χ2v) is 8.05. The minimum Gasteiger partial charge on any atom is -0.491 e. The fourth-order valence-corrected chi connectivity index (χ4v) is 4.35. The van der Waals surface area contributed by atoms with Crippen molar-refractivity contribution >= 4 is 41.3 Å². The number of halogens is 1. The zero-order valence-corrected chi connectivity index (χ0v) is 20.9. The number of hydrogen-bond donors (Lipinski definition) is 2. The van der Waals surface area contributed by atoms with Crippen molar-refractivity contribution in [1.29, 1.82) is 0 Å². The number of benzene rings is 1. The number of nitrogens with zero attached hydrogens (tertiary/aromatic N) is 2. The quantitative estimate of drug-likeness (QED) is 0.206. The van der Waals surface area contributed by atoms with Crippen molar-refractivity contribution < 1.29 is 9.47 Å². The number of nitrogens with one attached hydrogen (secondary N) is 2. The van der Waals surface area contributed by atoms with Crippen molar-refractivity contribution in [3.8, 4) is 5.75 Å². The minimum atomic E-state index is 0. The minimum absolute atomic E-state index is 0. The van der Waals surface area contributed by atoms with Crippen LogP contribution in [0, 0.1) is 0 Å². The molecule has 6 nitrogen and oxygen atoms in total. The largest absolute Gasteiger partial charge is 0.491 e. The van der Waals surface area contributed by atoms with E-state index in [2.05, 4.69) is 50.2 Å². The molecule has 1 saturated heterocycles. The first-order valence-electron chi connectivity index (χ1n) is 10.2. The van der Waals surface area contributed by atoms with E-state index in [1.165, 1.54) is 36.4 Å². The second kappa shape index (κ2) is 13.8. The molecule has 0 radical (unpaired) electrons. The summed E-state index contributed by atoms with van der Waals surface area (Å²) < 4.78 is 10.6. The third-order valence-corrected chi connectivity index (χ3v) is 6.05. The van der Waals surface area contributed by atoms with Gasteiger partial charge < -0.3 is 20.1 Å². The maximum Gasteiger partial charge on any atom is 0.191 e. The van der Waals surface area contributed by atoms with Crippen molar-refractivity contribution in [3.05, 3.63) is 52.2 Å². The molecule has 30 heavy (non-hydrogen) atoms. The highest BCUT2D eigenvalue weighted by molar-refractivity contribution is 14.0. The highest BCUT2D eigenvalue weighted by Gasteiger charge is 2.24. The summed E-state index contributed by atoms with van der Waals surface area (Å²) in [4.78, 5) is 8.38. The molecular formula is C22H33IN4O2S. The monoisotopic (exact) mass is 544 g/mol. The van der Waals surface area contributed by atoms with E-state index < -0.39 is 0 Å². The number of guanidine groups is 1. The number of thiophene rings is 1. The Hall–Kier alpha value is -1.36. The fourth-order valence-electron chi connectivity index (χ4n) is 3.49. The van der Waals surface area contributed by atoms with Crippen LogP contribution in [0.3, 0.4) is 0 Å². The summed E-state index contributed by atoms with van der Waals surface area (Å²) in [5.41, 5.74) is 1.18. The average molecular weight is 545 g/mol. The molecule has 8 heteroatoms. The molecule has 1 atom stereocenters. The van der Waals surface area contributed by atoms with Gasteiger partial charge in [0.15, 0.2) is 5.96 Å². The molecule has 1 aliphatic heterocycles. The van der Waals surface area contributed by atoms with Gasteiger partial charge in [0.05, 0.1) is 12.6 Å². The van der Waals surface area contributed by atoms with Gasteiger partial charge in [-0.25, -0.2) is 0 Å². The SMILES string of the molecule is CN=C(NCc1ccc(OCCOC)cc1)NCC(c1cccs1)N1CCCC1.I. The third-order valence-electron chi connectivity index (χ3n) is 5.08. The Balaban J connectivity index is 0.00000320. The molecule has 0 bridgehead atoms. The van der Waals surface area contributed by atoms with Crippen molar-refractivity contribution in [2.45, 2.75) is 25.4 Å². The normalized spacial score (nSPS) is 15.5. The van der Waals surface area contributed by atoms with Crippen LogP contribution in [0.25, 0.3) is 0 Å². The van der Waals surface area contributed by atoms with Gasteiger partial charge >= 0.3 is 0 Å². The lowest BCUT2D eigenvalue weighted by molar-refractivity contribution is 0.146. The van der Waals surface area contributed by atoms with E-state index in [9.17, 15) is 0 Å².